The van der Waals surface area contributed by atoms with Crippen LogP contribution in [0.4, 0.5) is 0 Å². The van der Waals surface area contributed by atoms with Gasteiger partial charge in [0, 0.05) is 35.1 Å². The first kappa shape index (κ1) is 18.8. The second-order valence-electron chi connectivity index (χ2n) is 7.19. The van der Waals surface area contributed by atoms with Crippen molar-refractivity contribution in [3.05, 3.63) is 101 Å². The van der Waals surface area contributed by atoms with Crippen molar-refractivity contribution in [2.75, 3.05) is 13.7 Å². The molecule has 1 amide bonds. The molecule has 0 fully saturated rings. The molecule has 0 spiro atoms. The third-order valence-electron chi connectivity index (χ3n) is 5.26. The molecule has 29 heavy (non-hydrogen) atoms. The number of H-pyrrole nitrogens is 1. The van der Waals surface area contributed by atoms with Crippen LogP contribution in [0.15, 0.2) is 79.0 Å². The minimum atomic E-state index is -0.0629. The number of aromatic nitrogens is 1. The summed E-state index contributed by atoms with van der Waals surface area (Å²) in [5.74, 6) is 0.771. The van der Waals surface area contributed by atoms with E-state index in [1.807, 2.05) is 61.7 Å². The highest BCUT2D eigenvalue weighted by Crippen LogP contribution is 2.31. The lowest BCUT2D eigenvalue weighted by molar-refractivity contribution is 0.0952. The molecule has 2 N–H and O–H groups in total. The quantitative estimate of drug-likeness (QED) is 0.489. The zero-order valence-electron chi connectivity index (χ0n) is 16.6. The molecular weight excluding hydrogens is 360 g/mol. The lowest BCUT2D eigenvalue weighted by Gasteiger charge is -2.19. The van der Waals surface area contributed by atoms with Crippen LogP contribution < -0.4 is 10.1 Å². The van der Waals surface area contributed by atoms with E-state index in [-0.39, 0.29) is 11.8 Å². The standard InChI is InChI=1S/C25H24N2O2/c1-17-6-5-7-19(14-17)25(28)27-15-22(18-10-12-20(29-2)13-11-18)23-16-26-24-9-4-3-8-21(23)24/h3-14,16,22,26H,15H2,1-2H3,(H,27,28)/t22-/m1/s1. The van der Waals surface area contributed by atoms with E-state index in [1.54, 1.807) is 7.11 Å². The van der Waals surface area contributed by atoms with Crippen molar-refractivity contribution in [3.8, 4) is 5.75 Å². The van der Waals surface area contributed by atoms with Gasteiger partial charge in [-0.25, -0.2) is 0 Å². The van der Waals surface area contributed by atoms with Gasteiger partial charge in [0.25, 0.3) is 5.91 Å². The Morgan fingerprint density at radius 3 is 2.59 bits per heavy atom. The minimum absolute atomic E-state index is 0.0193. The van der Waals surface area contributed by atoms with Crippen LogP contribution in [0.25, 0.3) is 10.9 Å². The number of amides is 1. The first-order valence-corrected chi connectivity index (χ1v) is 9.70. The van der Waals surface area contributed by atoms with Crippen molar-refractivity contribution < 1.29 is 9.53 Å². The second kappa shape index (κ2) is 8.23. The highest BCUT2D eigenvalue weighted by atomic mass is 16.5. The van der Waals surface area contributed by atoms with Gasteiger partial charge >= 0.3 is 0 Å². The Kier molecular flexibility index (Phi) is 5.34. The maximum atomic E-state index is 12.7. The largest absolute Gasteiger partial charge is 0.497 e. The maximum Gasteiger partial charge on any atom is 0.251 e. The number of nitrogens with one attached hydrogen (secondary N) is 2. The van der Waals surface area contributed by atoms with Gasteiger partial charge in [-0.3, -0.25) is 4.79 Å². The van der Waals surface area contributed by atoms with Crippen molar-refractivity contribution in [2.24, 2.45) is 0 Å². The van der Waals surface area contributed by atoms with Gasteiger partial charge in [0.15, 0.2) is 0 Å². The fourth-order valence-electron chi connectivity index (χ4n) is 3.71. The molecule has 146 valence electrons. The van der Waals surface area contributed by atoms with E-state index < -0.39 is 0 Å². The summed E-state index contributed by atoms with van der Waals surface area (Å²) in [5, 5.41) is 4.29. The third kappa shape index (κ3) is 4.02. The topological polar surface area (TPSA) is 54.1 Å². The molecule has 0 bridgehead atoms. The monoisotopic (exact) mass is 384 g/mol. The van der Waals surface area contributed by atoms with Crippen LogP contribution in [0.1, 0.15) is 33.0 Å². The van der Waals surface area contributed by atoms with E-state index in [1.165, 1.54) is 0 Å². The van der Waals surface area contributed by atoms with Gasteiger partial charge in [0.1, 0.15) is 5.75 Å². The molecule has 4 aromatic rings. The molecule has 1 aromatic heterocycles. The fourth-order valence-corrected chi connectivity index (χ4v) is 3.71. The molecule has 4 rings (SSSR count). The predicted molar refractivity (Wildman–Crippen MR) is 117 cm³/mol. The van der Waals surface area contributed by atoms with Crippen LogP contribution >= 0.6 is 0 Å². The summed E-state index contributed by atoms with van der Waals surface area (Å²) in [4.78, 5) is 16.1. The van der Waals surface area contributed by atoms with Gasteiger partial charge in [-0.05, 0) is 48.4 Å². The number of hydrogen-bond donors (Lipinski definition) is 2. The van der Waals surface area contributed by atoms with Crippen molar-refractivity contribution >= 4 is 16.8 Å². The molecule has 1 atom stereocenters. The molecule has 0 unspecified atom stereocenters. The smallest absolute Gasteiger partial charge is 0.251 e. The number of hydrogen-bond acceptors (Lipinski definition) is 2. The predicted octanol–water partition coefficient (Wildman–Crippen LogP) is 5.05. The highest BCUT2D eigenvalue weighted by Gasteiger charge is 2.19. The average molecular weight is 384 g/mol. The van der Waals surface area contributed by atoms with Crippen LogP contribution in [-0.2, 0) is 0 Å². The molecule has 0 aliphatic rings. The van der Waals surface area contributed by atoms with Gasteiger partial charge in [0.05, 0.1) is 7.11 Å². The Bertz CT molecular complexity index is 1130. The molecule has 0 saturated heterocycles. The first-order chi connectivity index (χ1) is 14.2. The molecule has 0 aliphatic heterocycles. The van der Waals surface area contributed by atoms with Gasteiger partial charge < -0.3 is 15.0 Å². The number of methoxy groups -OCH3 is 1. The normalized spacial score (nSPS) is 11.9. The lowest BCUT2D eigenvalue weighted by atomic mass is 9.90. The van der Waals surface area contributed by atoms with Crippen LogP contribution in [0, 0.1) is 6.92 Å². The Balaban J connectivity index is 1.65. The van der Waals surface area contributed by atoms with Crippen LogP contribution in [-0.4, -0.2) is 24.5 Å². The van der Waals surface area contributed by atoms with Crippen LogP contribution in [0.5, 0.6) is 5.75 Å². The van der Waals surface area contributed by atoms with E-state index in [0.29, 0.717) is 12.1 Å². The Labute approximate surface area is 170 Å². The Hall–Kier alpha value is -3.53. The number of fused-ring (bicyclic) bond motifs is 1. The summed E-state index contributed by atoms with van der Waals surface area (Å²) < 4.78 is 5.30. The highest BCUT2D eigenvalue weighted by molar-refractivity contribution is 5.94. The number of para-hydroxylation sites is 1. The second-order valence-corrected chi connectivity index (χ2v) is 7.19. The average Bonchev–Trinajstić information content (AvgIpc) is 3.18. The summed E-state index contributed by atoms with van der Waals surface area (Å²) in [6.07, 6.45) is 2.04. The van der Waals surface area contributed by atoms with Gasteiger partial charge in [-0.1, -0.05) is 48.0 Å². The van der Waals surface area contributed by atoms with Crippen molar-refractivity contribution in [1.82, 2.24) is 10.3 Å². The van der Waals surface area contributed by atoms with Crippen molar-refractivity contribution in [1.29, 1.82) is 0 Å². The number of carbonyl (C=O) groups is 1. The van der Waals surface area contributed by atoms with E-state index in [0.717, 1.165) is 33.3 Å². The maximum absolute atomic E-state index is 12.7. The molecule has 1 heterocycles. The van der Waals surface area contributed by atoms with E-state index in [2.05, 4.69) is 34.6 Å². The molecule has 0 aliphatic carbocycles. The number of benzene rings is 3. The molecule has 0 saturated carbocycles. The van der Waals surface area contributed by atoms with E-state index in [4.69, 9.17) is 4.74 Å². The molecule has 4 nitrogen and oxygen atoms in total. The molecule has 0 radical (unpaired) electrons. The molecular formula is C25H24N2O2. The molecule has 4 heteroatoms. The summed E-state index contributed by atoms with van der Waals surface area (Å²) >= 11 is 0. The number of aromatic amines is 1. The van der Waals surface area contributed by atoms with Crippen molar-refractivity contribution in [3.63, 3.8) is 0 Å². The number of rotatable bonds is 6. The van der Waals surface area contributed by atoms with Gasteiger partial charge in [-0.15, -0.1) is 0 Å². The van der Waals surface area contributed by atoms with Gasteiger partial charge in [0.2, 0.25) is 0 Å². The first-order valence-electron chi connectivity index (χ1n) is 9.70. The number of ether oxygens (including phenoxy) is 1. The number of aryl methyl sites for hydroxylation is 1. The zero-order chi connectivity index (χ0) is 20.2. The number of carbonyl (C=O) groups excluding carboxylic acids is 1. The summed E-state index contributed by atoms with van der Waals surface area (Å²) in [6, 6.07) is 23.9. The Morgan fingerprint density at radius 1 is 1.03 bits per heavy atom. The summed E-state index contributed by atoms with van der Waals surface area (Å²) in [7, 11) is 1.66. The van der Waals surface area contributed by atoms with Crippen molar-refractivity contribution in [2.45, 2.75) is 12.8 Å². The van der Waals surface area contributed by atoms with E-state index in [9.17, 15) is 4.79 Å². The zero-order valence-corrected chi connectivity index (χ0v) is 16.6. The molecule has 3 aromatic carbocycles. The van der Waals surface area contributed by atoms with E-state index >= 15 is 0 Å². The Morgan fingerprint density at radius 2 is 1.83 bits per heavy atom. The lowest BCUT2D eigenvalue weighted by Crippen LogP contribution is -2.29. The van der Waals surface area contributed by atoms with Gasteiger partial charge in [-0.2, -0.15) is 0 Å². The fraction of sp³-hybridized carbons (Fsp3) is 0.160. The SMILES string of the molecule is COc1ccc([C@@H](CNC(=O)c2cccc(C)c2)c2c[nH]c3ccccc23)cc1. The summed E-state index contributed by atoms with van der Waals surface area (Å²) in [6.45, 7) is 2.49. The minimum Gasteiger partial charge on any atom is -0.497 e. The van der Waals surface area contributed by atoms with Crippen LogP contribution in [0.3, 0.4) is 0 Å². The third-order valence-corrected chi connectivity index (χ3v) is 5.26. The summed E-state index contributed by atoms with van der Waals surface area (Å²) in [5.41, 5.74) is 5.12. The van der Waals surface area contributed by atoms with Crippen LogP contribution in [0.2, 0.25) is 0 Å².